The number of ether oxygens (including phenoxy) is 1. The third-order valence-electron chi connectivity index (χ3n) is 2.61. The summed E-state index contributed by atoms with van der Waals surface area (Å²) in [6.45, 7) is 0. The van der Waals surface area contributed by atoms with Gasteiger partial charge >= 0.3 is 0 Å². The Balaban J connectivity index is 1.98. The highest BCUT2D eigenvalue weighted by Gasteiger charge is 1.99. The van der Waals surface area contributed by atoms with Gasteiger partial charge in [0.15, 0.2) is 5.78 Å². The van der Waals surface area contributed by atoms with Gasteiger partial charge in [-0.3, -0.25) is 4.79 Å². The van der Waals surface area contributed by atoms with E-state index in [1.54, 1.807) is 25.4 Å². The fourth-order valence-corrected chi connectivity index (χ4v) is 1.63. The van der Waals surface area contributed by atoms with Crippen LogP contribution in [0, 0.1) is 0 Å². The third kappa shape index (κ3) is 3.71. The number of carbonyl (C=O) groups excluding carboxylic acids is 1. The first kappa shape index (κ1) is 12.9. The van der Waals surface area contributed by atoms with Crippen LogP contribution in [0.2, 0.25) is 0 Å². The molecule has 0 aliphatic heterocycles. The van der Waals surface area contributed by atoms with Crippen LogP contribution in [0.5, 0.6) is 5.75 Å². The molecule has 2 aromatic rings. The Kier molecular flexibility index (Phi) is 4.34. The topological polar surface area (TPSA) is 38.3 Å². The Labute approximate surface area is 112 Å². The lowest BCUT2D eigenvalue weighted by molar-refractivity contribution is 0.104. The van der Waals surface area contributed by atoms with Gasteiger partial charge in [0.1, 0.15) is 5.75 Å². The predicted octanol–water partition coefficient (Wildman–Crippen LogP) is 3.50. The van der Waals surface area contributed by atoms with Gasteiger partial charge in [0.2, 0.25) is 0 Å². The molecule has 2 aromatic carbocycles. The Morgan fingerprint density at radius 2 is 1.89 bits per heavy atom. The molecule has 0 fully saturated rings. The normalized spacial score (nSPS) is 10.4. The van der Waals surface area contributed by atoms with E-state index in [1.807, 2.05) is 42.5 Å². The molecule has 96 valence electrons. The van der Waals surface area contributed by atoms with Crippen molar-refractivity contribution in [3.8, 4) is 5.75 Å². The van der Waals surface area contributed by atoms with Crippen LogP contribution in [0.25, 0.3) is 0 Å². The Hall–Kier alpha value is -2.55. The summed E-state index contributed by atoms with van der Waals surface area (Å²) in [5.41, 5.74) is 1.54. The summed E-state index contributed by atoms with van der Waals surface area (Å²) in [7, 11) is 1.62. The number of allylic oxidation sites excluding steroid dienone is 1. The van der Waals surface area contributed by atoms with E-state index in [0.717, 1.165) is 11.4 Å². The Morgan fingerprint density at radius 1 is 1.11 bits per heavy atom. The molecule has 2 rings (SSSR count). The van der Waals surface area contributed by atoms with Crippen molar-refractivity contribution in [2.45, 2.75) is 0 Å². The molecular weight excluding hydrogens is 238 g/mol. The van der Waals surface area contributed by atoms with Gasteiger partial charge in [0, 0.05) is 29.6 Å². The zero-order valence-corrected chi connectivity index (χ0v) is 10.7. The smallest absolute Gasteiger partial charge is 0.187 e. The van der Waals surface area contributed by atoms with Gasteiger partial charge in [-0.05, 0) is 12.1 Å². The molecule has 0 aliphatic rings. The van der Waals surface area contributed by atoms with Gasteiger partial charge < -0.3 is 10.1 Å². The highest BCUT2D eigenvalue weighted by molar-refractivity contribution is 6.04. The maximum absolute atomic E-state index is 11.8. The lowest BCUT2D eigenvalue weighted by Gasteiger charge is -2.03. The van der Waals surface area contributed by atoms with Gasteiger partial charge in [-0.25, -0.2) is 0 Å². The minimum Gasteiger partial charge on any atom is -0.497 e. The molecule has 0 amide bonds. The molecule has 0 atom stereocenters. The van der Waals surface area contributed by atoms with E-state index in [2.05, 4.69) is 5.32 Å². The van der Waals surface area contributed by atoms with E-state index in [4.69, 9.17) is 4.74 Å². The minimum atomic E-state index is -0.0315. The summed E-state index contributed by atoms with van der Waals surface area (Å²) in [5, 5.41) is 3.04. The number of hydrogen-bond donors (Lipinski definition) is 1. The van der Waals surface area contributed by atoms with Gasteiger partial charge in [0.25, 0.3) is 0 Å². The maximum Gasteiger partial charge on any atom is 0.187 e. The van der Waals surface area contributed by atoms with Crippen molar-refractivity contribution in [3.63, 3.8) is 0 Å². The van der Waals surface area contributed by atoms with E-state index in [0.29, 0.717) is 5.56 Å². The molecule has 1 N–H and O–H groups in total. The van der Waals surface area contributed by atoms with Crippen molar-refractivity contribution < 1.29 is 9.53 Å². The largest absolute Gasteiger partial charge is 0.497 e. The number of carbonyl (C=O) groups is 1. The standard InChI is InChI=1S/C16H15NO2/c1-19-15-9-5-8-14(12-15)17-11-10-16(18)13-6-3-2-4-7-13/h2-12,17H,1H3/b11-10+. The number of nitrogens with one attached hydrogen (secondary N) is 1. The molecule has 0 radical (unpaired) electrons. The second-order valence-corrected chi connectivity index (χ2v) is 3.94. The molecule has 3 heteroatoms. The average molecular weight is 253 g/mol. The molecule has 0 saturated heterocycles. The first-order chi connectivity index (χ1) is 9.29. The van der Waals surface area contributed by atoms with Gasteiger partial charge in [0.05, 0.1) is 7.11 Å². The number of rotatable bonds is 5. The fraction of sp³-hybridized carbons (Fsp3) is 0.0625. The summed E-state index contributed by atoms with van der Waals surface area (Å²) < 4.78 is 5.12. The number of ketones is 1. The molecule has 0 bridgehead atoms. The van der Waals surface area contributed by atoms with Gasteiger partial charge in [-0.2, -0.15) is 0 Å². The van der Waals surface area contributed by atoms with E-state index in [9.17, 15) is 4.79 Å². The molecule has 0 spiro atoms. The summed E-state index contributed by atoms with van der Waals surface area (Å²) in [6.07, 6.45) is 3.14. The lowest BCUT2D eigenvalue weighted by Crippen LogP contribution is -1.95. The molecule has 0 aliphatic carbocycles. The predicted molar refractivity (Wildman–Crippen MR) is 76.5 cm³/mol. The van der Waals surface area contributed by atoms with Crippen LogP contribution in [-0.2, 0) is 0 Å². The van der Waals surface area contributed by atoms with Crippen molar-refractivity contribution in [2.75, 3.05) is 12.4 Å². The number of methoxy groups -OCH3 is 1. The molecule has 0 heterocycles. The molecule has 19 heavy (non-hydrogen) atoms. The summed E-state index contributed by atoms with van der Waals surface area (Å²) in [5.74, 6) is 0.740. The summed E-state index contributed by atoms with van der Waals surface area (Å²) in [4.78, 5) is 11.8. The summed E-state index contributed by atoms with van der Waals surface area (Å²) >= 11 is 0. The zero-order valence-electron chi connectivity index (χ0n) is 10.7. The number of anilines is 1. The van der Waals surface area contributed by atoms with Crippen molar-refractivity contribution in [2.24, 2.45) is 0 Å². The van der Waals surface area contributed by atoms with Crippen LogP contribution in [0.4, 0.5) is 5.69 Å². The first-order valence-electron chi connectivity index (χ1n) is 5.96. The van der Waals surface area contributed by atoms with Gasteiger partial charge in [-0.15, -0.1) is 0 Å². The van der Waals surface area contributed by atoms with Crippen molar-refractivity contribution >= 4 is 11.5 Å². The molecule has 0 saturated carbocycles. The maximum atomic E-state index is 11.8. The van der Waals surface area contributed by atoms with E-state index < -0.39 is 0 Å². The third-order valence-corrected chi connectivity index (χ3v) is 2.61. The number of hydrogen-bond acceptors (Lipinski definition) is 3. The fourth-order valence-electron chi connectivity index (χ4n) is 1.63. The Morgan fingerprint density at radius 3 is 2.63 bits per heavy atom. The lowest BCUT2D eigenvalue weighted by atomic mass is 10.1. The quantitative estimate of drug-likeness (QED) is 0.654. The number of benzene rings is 2. The monoisotopic (exact) mass is 253 g/mol. The molecule has 3 nitrogen and oxygen atoms in total. The molecule has 0 unspecified atom stereocenters. The zero-order chi connectivity index (χ0) is 13.5. The van der Waals surface area contributed by atoms with E-state index in [1.165, 1.54) is 6.08 Å². The van der Waals surface area contributed by atoms with E-state index in [-0.39, 0.29) is 5.78 Å². The van der Waals surface area contributed by atoms with Crippen LogP contribution in [0.1, 0.15) is 10.4 Å². The SMILES string of the molecule is COc1cccc(N/C=C/C(=O)c2ccccc2)c1. The summed E-state index contributed by atoms with van der Waals surface area (Å²) in [6, 6.07) is 16.7. The second kappa shape index (κ2) is 6.40. The second-order valence-electron chi connectivity index (χ2n) is 3.94. The van der Waals surface area contributed by atoms with E-state index >= 15 is 0 Å². The first-order valence-corrected chi connectivity index (χ1v) is 5.96. The van der Waals surface area contributed by atoms with Crippen LogP contribution in [0.15, 0.2) is 66.9 Å². The van der Waals surface area contributed by atoms with Crippen LogP contribution in [0.3, 0.4) is 0 Å². The molecular formula is C16H15NO2. The van der Waals surface area contributed by atoms with Crippen LogP contribution < -0.4 is 10.1 Å². The van der Waals surface area contributed by atoms with Gasteiger partial charge in [-0.1, -0.05) is 36.4 Å². The molecule has 0 aromatic heterocycles. The minimum absolute atomic E-state index is 0.0315. The Bertz CT molecular complexity index is 576. The van der Waals surface area contributed by atoms with Crippen molar-refractivity contribution in [1.29, 1.82) is 0 Å². The van der Waals surface area contributed by atoms with Crippen molar-refractivity contribution in [3.05, 3.63) is 72.4 Å². The van der Waals surface area contributed by atoms with Crippen LogP contribution >= 0.6 is 0 Å². The van der Waals surface area contributed by atoms with Crippen molar-refractivity contribution in [1.82, 2.24) is 0 Å². The average Bonchev–Trinajstić information content (AvgIpc) is 2.48. The van der Waals surface area contributed by atoms with Crippen LogP contribution in [-0.4, -0.2) is 12.9 Å². The highest BCUT2D eigenvalue weighted by atomic mass is 16.5. The highest BCUT2D eigenvalue weighted by Crippen LogP contribution is 2.16.